The van der Waals surface area contributed by atoms with E-state index in [4.69, 9.17) is 9.84 Å². The summed E-state index contributed by atoms with van der Waals surface area (Å²) in [7, 11) is -4.44. The van der Waals surface area contributed by atoms with Crippen LogP contribution in [0.25, 0.3) is 0 Å². The van der Waals surface area contributed by atoms with Crippen LogP contribution in [0, 0.1) is 0 Å². The van der Waals surface area contributed by atoms with Crippen molar-refractivity contribution in [3.63, 3.8) is 0 Å². The fraction of sp³-hybridized carbons (Fsp3) is 0.889. The third kappa shape index (κ3) is 5.33. The van der Waals surface area contributed by atoms with Crippen molar-refractivity contribution in [3.05, 3.63) is 0 Å². The third-order valence-corrected chi connectivity index (χ3v) is 3.58. The molecule has 1 unspecified atom stereocenters. The molecule has 10 heteroatoms. The van der Waals surface area contributed by atoms with Crippen LogP contribution in [-0.2, 0) is 19.6 Å². The fourth-order valence-corrected chi connectivity index (χ4v) is 2.22. The molecule has 0 heterocycles. The average molecular weight is 307 g/mol. The van der Waals surface area contributed by atoms with Crippen molar-refractivity contribution in [1.82, 2.24) is 4.72 Å². The fourth-order valence-electron chi connectivity index (χ4n) is 0.978. The van der Waals surface area contributed by atoms with E-state index in [9.17, 15) is 26.4 Å². The second-order valence-corrected chi connectivity index (χ2v) is 6.11. The van der Waals surface area contributed by atoms with Crippen molar-refractivity contribution in [2.75, 3.05) is 12.4 Å². The van der Waals surface area contributed by atoms with Crippen LogP contribution in [0.15, 0.2) is 0 Å². The molecule has 0 radical (unpaired) electrons. The van der Waals surface area contributed by atoms with Gasteiger partial charge in [-0.05, 0) is 20.8 Å². The molecule has 0 aliphatic heterocycles. The van der Waals surface area contributed by atoms with E-state index in [1.807, 2.05) is 0 Å². The quantitative estimate of drug-likeness (QED) is 0.723. The summed E-state index contributed by atoms with van der Waals surface area (Å²) < 4.78 is 66.7. The zero-order valence-corrected chi connectivity index (χ0v) is 11.4. The van der Waals surface area contributed by atoms with E-state index in [2.05, 4.69) is 0 Å². The highest BCUT2D eigenvalue weighted by Crippen LogP contribution is 2.31. The maximum Gasteiger partial charge on any atom is 0.418 e. The molecule has 0 aromatic carbocycles. The Bertz CT molecular complexity index is 420. The maximum absolute atomic E-state index is 12.6. The van der Waals surface area contributed by atoms with E-state index < -0.39 is 33.5 Å². The first-order valence-corrected chi connectivity index (χ1v) is 6.90. The molecule has 2 N–H and O–H groups in total. The minimum Gasteiger partial charge on any atom is -0.480 e. The second kappa shape index (κ2) is 6.06. The molecule has 0 saturated carbocycles. The van der Waals surface area contributed by atoms with Gasteiger partial charge in [0.2, 0.25) is 15.6 Å². The molecule has 6 nitrogen and oxygen atoms in total. The summed E-state index contributed by atoms with van der Waals surface area (Å²) in [5, 5.41) is 8.57. The number of hydrogen-bond donors (Lipinski definition) is 2. The number of sulfonamides is 1. The van der Waals surface area contributed by atoms with E-state index in [-0.39, 0.29) is 19.6 Å². The highest BCUT2D eigenvalue weighted by atomic mass is 32.2. The van der Waals surface area contributed by atoms with Gasteiger partial charge in [-0.2, -0.15) is 17.9 Å². The summed E-state index contributed by atoms with van der Waals surface area (Å²) in [6.07, 6.45) is -5.55. The zero-order valence-electron chi connectivity index (χ0n) is 10.6. The molecule has 0 aromatic rings. The van der Waals surface area contributed by atoms with Gasteiger partial charge in [0.25, 0.3) is 0 Å². The zero-order chi connectivity index (χ0) is 15.5. The first-order chi connectivity index (χ1) is 8.32. The Morgan fingerprint density at radius 3 is 2.16 bits per heavy atom. The molecule has 0 amide bonds. The highest BCUT2D eigenvalue weighted by molar-refractivity contribution is 7.89. The molecule has 0 aromatic heterocycles. The second-order valence-electron chi connectivity index (χ2n) is 4.27. The molecule has 0 rings (SSSR count). The molecule has 0 aliphatic rings. The number of carbonyl (C=O) groups is 1. The van der Waals surface area contributed by atoms with Crippen LogP contribution in [0.2, 0.25) is 0 Å². The molecule has 19 heavy (non-hydrogen) atoms. The molecule has 0 aliphatic carbocycles. The smallest absolute Gasteiger partial charge is 0.418 e. The number of carboxylic acid groups (broad SMARTS) is 1. The summed E-state index contributed by atoms with van der Waals surface area (Å²) in [4.78, 5) is 10.6. The average Bonchev–Trinajstić information content (AvgIpc) is 2.13. The van der Waals surface area contributed by atoms with Crippen LogP contribution in [0.5, 0.6) is 0 Å². The van der Waals surface area contributed by atoms with Gasteiger partial charge in [0.15, 0.2) is 0 Å². The number of aliphatic carboxylic acids is 1. The molecule has 1 atom stereocenters. The first-order valence-electron chi connectivity index (χ1n) is 5.25. The van der Waals surface area contributed by atoms with Gasteiger partial charge in [0, 0.05) is 0 Å². The van der Waals surface area contributed by atoms with Crippen LogP contribution in [-0.4, -0.2) is 49.7 Å². The van der Waals surface area contributed by atoms with Gasteiger partial charge in [-0.25, -0.2) is 13.2 Å². The summed E-state index contributed by atoms with van der Waals surface area (Å²) in [6.45, 7) is 3.16. The number of nitrogens with one attached hydrogen (secondary N) is 1. The minimum atomic E-state index is -5.26. The van der Waals surface area contributed by atoms with Gasteiger partial charge in [0.05, 0.1) is 18.5 Å². The van der Waals surface area contributed by atoms with Gasteiger partial charge in [0.1, 0.15) is 0 Å². The number of halogens is 3. The topological polar surface area (TPSA) is 92.7 Å². The van der Waals surface area contributed by atoms with Crippen LogP contribution in [0.3, 0.4) is 0 Å². The summed E-state index contributed by atoms with van der Waals surface area (Å²) in [5.41, 5.74) is -3.57. The number of carboxylic acids is 1. The predicted octanol–water partition coefficient (Wildman–Crippen LogP) is 0.736. The van der Waals surface area contributed by atoms with Gasteiger partial charge in [-0.1, -0.05) is 0 Å². The largest absolute Gasteiger partial charge is 0.480 e. The number of ether oxygens (including phenoxy) is 1. The van der Waals surface area contributed by atoms with Gasteiger partial charge >= 0.3 is 12.1 Å². The van der Waals surface area contributed by atoms with Crippen LogP contribution >= 0.6 is 0 Å². The van der Waals surface area contributed by atoms with E-state index in [0.717, 1.165) is 4.72 Å². The highest BCUT2D eigenvalue weighted by Gasteiger charge is 2.59. The van der Waals surface area contributed by atoms with Crippen LogP contribution in [0.1, 0.15) is 20.8 Å². The standard InChI is InChI=1S/C9H16F3NO5S/c1-6(2)18-4-5-19(16,17)13-8(3,7(14)15)9(10,11)12/h6,13H,4-5H2,1-3H3,(H,14,15). The minimum absolute atomic E-state index is 0.246. The van der Waals surface area contributed by atoms with Crippen LogP contribution < -0.4 is 4.72 Å². The normalized spacial score (nSPS) is 16.4. The van der Waals surface area contributed by atoms with E-state index in [1.165, 1.54) is 0 Å². The van der Waals surface area contributed by atoms with E-state index in [0.29, 0.717) is 0 Å². The lowest BCUT2D eigenvalue weighted by atomic mass is 10.0. The van der Waals surface area contributed by atoms with E-state index in [1.54, 1.807) is 13.8 Å². The lowest BCUT2D eigenvalue weighted by molar-refractivity contribution is -0.201. The molecule has 0 fully saturated rings. The molecular weight excluding hydrogens is 291 g/mol. The predicted molar refractivity (Wildman–Crippen MR) is 60.1 cm³/mol. The Morgan fingerprint density at radius 1 is 1.37 bits per heavy atom. The van der Waals surface area contributed by atoms with Crippen molar-refractivity contribution >= 4 is 16.0 Å². The van der Waals surface area contributed by atoms with Crippen molar-refractivity contribution in [2.45, 2.75) is 38.6 Å². The number of hydrogen-bond acceptors (Lipinski definition) is 4. The monoisotopic (exact) mass is 307 g/mol. The van der Waals surface area contributed by atoms with Crippen molar-refractivity contribution in [2.24, 2.45) is 0 Å². The Hall–Kier alpha value is -0.870. The molecule has 0 spiro atoms. The third-order valence-electron chi connectivity index (χ3n) is 2.16. The van der Waals surface area contributed by atoms with Gasteiger partial charge in [-0.3, -0.25) is 0 Å². The Labute approximate surface area is 109 Å². The Kier molecular flexibility index (Phi) is 5.78. The lowest BCUT2D eigenvalue weighted by Crippen LogP contribution is -2.62. The van der Waals surface area contributed by atoms with E-state index >= 15 is 0 Å². The van der Waals surface area contributed by atoms with Crippen molar-refractivity contribution < 1.29 is 36.2 Å². The maximum atomic E-state index is 12.6. The lowest BCUT2D eigenvalue weighted by Gasteiger charge is -2.28. The number of alkyl halides is 3. The van der Waals surface area contributed by atoms with Gasteiger partial charge in [-0.15, -0.1) is 0 Å². The van der Waals surface area contributed by atoms with Crippen molar-refractivity contribution in [1.29, 1.82) is 0 Å². The summed E-state index contributed by atoms with van der Waals surface area (Å²) in [5.74, 6) is -3.09. The molecular formula is C9H16F3NO5S. The van der Waals surface area contributed by atoms with Gasteiger partial charge < -0.3 is 9.84 Å². The van der Waals surface area contributed by atoms with Crippen LogP contribution in [0.4, 0.5) is 13.2 Å². The number of rotatable bonds is 7. The Morgan fingerprint density at radius 2 is 1.84 bits per heavy atom. The molecule has 0 saturated heterocycles. The summed E-state index contributed by atoms with van der Waals surface area (Å²) >= 11 is 0. The first kappa shape index (κ1) is 18.1. The Balaban J connectivity index is 4.92. The summed E-state index contributed by atoms with van der Waals surface area (Å²) in [6, 6.07) is 0. The molecule has 0 bridgehead atoms. The molecule has 114 valence electrons. The van der Waals surface area contributed by atoms with Crippen molar-refractivity contribution in [3.8, 4) is 0 Å². The SMILES string of the molecule is CC(C)OCCS(=O)(=O)NC(C)(C(=O)O)C(F)(F)F.